The first-order chi connectivity index (χ1) is 13.2. The molecule has 2 aromatic carbocycles. The van der Waals surface area contributed by atoms with Gasteiger partial charge in [-0.25, -0.2) is 4.79 Å². The highest BCUT2D eigenvalue weighted by Crippen LogP contribution is 2.14. The van der Waals surface area contributed by atoms with E-state index in [1.165, 1.54) is 0 Å². The Morgan fingerprint density at radius 1 is 0.929 bits per heavy atom. The van der Waals surface area contributed by atoms with Crippen LogP contribution in [0.3, 0.4) is 0 Å². The summed E-state index contributed by atoms with van der Waals surface area (Å²) in [7, 11) is 0. The smallest absolute Gasteiger partial charge is 0.323 e. The Bertz CT molecular complexity index is 892. The van der Waals surface area contributed by atoms with Gasteiger partial charge in [-0.3, -0.25) is 9.98 Å². The molecule has 1 atom stereocenters. The topological polar surface area (TPSA) is 89.9 Å². The highest BCUT2D eigenvalue weighted by atomic mass is 35.5. The van der Waals surface area contributed by atoms with Crippen molar-refractivity contribution in [3.8, 4) is 0 Å². The Hall–Kier alpha value is -3.06. The first-order valence-corrected chi connectivity index (χ1v) is 9.05. The van der Waals surface area contributed by atoms with Crippen LogP contribution in [0, 0.1) is 0 Å². The maximum atomic E-state index is 12.2. The van der Waals surface area contributed by atoms with Crippen molar-refractivity contribution in [3.63, 3.8) is 0 Å². The largest absolute Gasteiger partial charge is 0.368 e. The monoisotopic (exact) mass is 398 g/mol. The van der Waals surface area contributed by atoms with Gasteiger partial charge in [-0.1, -0.05) is 0 Å². The Balaban J connectivity index is 0.00000225. The predicted molar refractivity (Wildman–Crippen MR) is 116 cm³/mol. The number of amidine groups is 2. The van der Waals surface area contributed by atoms with E-state index in [1.54, 1.807) is 0 Å². The first kappa shape index (κ1) is 19.7. The van der Waals surface area contributed by atoms with Crippen molar-refractivity contribution in [2.24, 2.45) is 9.98 Å². The molecule has 0 aromatic heterocycles. The molecule has 0 aliphatic carbocycles. The number of amides is 2. The van der Waals surface area contributed by atoms with Gasteiger partial charge in [0.2, 0.25) is 0 Å². The van der Waals surface area contributed by atoms with E-state index in [2.05, 4.69) is 38.2 Å². The number of hydrogen-bond donors (Lipinski definition) is 4. The third kappa shape index (κ3) is 4.61. The molecular formula is C20H23ClN6O. The Morgan fingerprint density at radius 2 is 1.50 bits per heavy atom. The second-order valence-electron chi connectivity index (χ2n) is 6.63. The van der Waals surface area contributed by atoms with Crippen molar-refractivity contribution < 1.29 is 4.79 Å². The third-order valence-electron chi connectivity index (χ3n) is 4.41. The molecule has 2 amide bonds. The van der Waals surface area contributed by atoms with Crippen LogP contribution in [0.2, 0.25) is 0 Å². The van der Waals surface area contributed by atoms with E-state index < -0.39 is 0 Å². The van der Waals surface area contributed by atoms with E-state index in [-0.39, 0.29) is 18.4 Å². The van der Waals surface area contributed by atoms with Crippen LogP contribution < -0.4 is 21.3 Å². The minimum Gasteiger partial charge on any atom is -0.368 e. The van der Waals surface area contributed by atoms with Crippen LogP contribution >= 0.6 is 12.4 Å². The number of benzene rings is 2. The standard InChI is InChI=1S/C20H22N6O.ClH/c1-13-12-23-19(24-13)15-4-8-17(9-5-15)26-20(27)25-16-6-2-14(3-7-16)18-21-10-11-22-18;/h2-9,13H,10-12H2,1H3,(H,21,22)(H,23,24)(H2,25,26,27);1H. The summed E-state index contributed by atoms with van der Waals surface area (Å²) in [5, 5.41) is 12.2. The van der Waals surface area contributed by atoms with E-state index in [1.807, 2.05) is 48.5 Å². The molecule has 1 unspecified atom stereocenters. The molecule has 146 valence electrons. The minimum atomic E-state index is -0.281. The summed E-state index contributed by atoms with van der Waals surface area (Å²) >= 11 is 0. The van der Waals surface area contributed by atoms with Gasteiger partial charge in [0.05, 0.1) is 13.1 Å². The quantitative estimate of drug-likeness (QED) is 0.638. The molecule has 0 bridgehead atoms. The number of nitrogens with one attached hydrogen (secondary N) is 4. The van der Waals surface area contributed by atoms with Gasteiger partial charge in [0.1, 0.15) is 11.7 Å². The van der Waals surface area contributed by atoms with Gasteiger partial charge in [0.25, 0.3) is 0 Å². The molecular weight excluding hydrogens is 376 g/mol. The van der Waals surface area contributed by atoms with Crippen LogP contribution in [-0.4, -0.2) is 43.4 Å². The van der Waals surface area contributed by atoms with Crippen LogP contribution in [-0.2, 0) is 0 Å². The molecule has 7 nitrogen and oxygen atoms in total. The molecule has 0 fully saturated rings. The molecule has 4 rings (SSSR count). The van der Waals surface area contributed by atoms with Crippen LogP contribution in [0.1, 0.15) is 18.1 Å². The van der Waals surface area contributed by atoms with E-state index in [4.69, 9.17) is 0 Å². The molecule has 2 heterocycles. The summed E-state index contributed by atoms with van der Waals surface area (Å²) in [4.78, 5) is 21.1. The fourth-order valence-corrected chi connectivity index (χ4v) is 3.04. The molecule has 2 aliphatic heterocycles. The number of rotatable bonds is 4. The molecule has 28 heavy (non-hydrogen) atoms. The lowest BCUT2D eigenvalue weighted by molar-refractivity contribution is 0.262. The molecule has 2 aromatic rings. The summed E-state index contributed by atoms with van der Waals surface area (Å²) in [6.45, 7) is 4.57. The SMILES string of the molecule is CC1CN=C(c2ccc(NC(=O)Nc3ccc(C4=NCCN4)cc3)cc2)N1.Cl. The lowest BCUT2D eigenvalue weighted by Crippen LogP contribution is -2.27. The van der Waals surface area contributed by atoms with Crippen LogP contribution in [0.25, 0.3) is 0 Å². The zero-order chi connectivity index (χ0) is 18.6. The molecule has 8 heteroatoms. The first-order valence-electron chi connectivity index (χ1n) is 9.05. The molecule has 0 saturated heterocycles. The van der Waals surface area contributed by atoms with Gasteiger partial charge < -0.3 is 21.3 Å². The second kappa shape index (κ2) is 8.75. The third-order valence-corrected chi connectivity index (χ3v) is 4.41. The summed E-state index contributed by atoms with van der Waals surface area (Å²) in [6, 6.07) is 15.3. The minimum absolute atomic E-state index is 0. The number of carbonyl (C=O) groups excluding carboxylic acids is 1. The number of halogens is 1. The average molecular weight is 399 g/mol. The number of aliphatic imine (C=N–C) groups is 2. The normalized spacial score (nSPS) is 17.5. The summed E-state index contributed by atoms with van der Waals surface area (Å²) in [5.41, 5.74) is 3.49. The van der Waals surface area contributed by atoms with Gasteiger partial charge in [0.15, 0.2) is 0 Å². The molecule has 4 N–H and O–H groups in total. The fourth-order valence-electron chi connectivity index (χ4n) is 3.04. The number of carbonyl (C=O) groups is 1. The maximum Gasteiger partial charge on any atom is 0.323 e. The van der Waals surface area contributed by atoms with E-state index in [0.717, 1.165) is 53.8 Å². The zero-order valence-corrected chi connectivity index (χ0v) is 16.3. The lowest BCUT2D eigenvalue weighted by Gasteiger charge is -2.10. The van der Waals surface area contributed by atoms with E-state index in [9.17, 15) is 4.79 Å². The van der Waals surface area contributed by atoms with Crippen molar-refractivity contribution in [3.05, 3.63) is 59.7 Å². The fraction of sp³-hybridized carbons (Fsp3) is 0.250. The second-order valence-corrected chi connectivity index (χ2v) is 6.63. The van der Waals surface area contributed by atoms with Crippen LogP contribution in [0.15, 0.2) is 58.5 Å². The van der Waals surface area contributed by atoms with Crippen molar-refractivity contribution in [2.75, 3.05) is 30.3 Å². The Labute approximate surface area is 170 Å². The van der Waals surface area contributed by atoms with Crippen molar-refractivity contribution >= 4 is 41.5 Å². The van der Waals surface area contributed by atoms with Gasteiger partial charge >= 0.3 is 6.03 Å². The highest BCUT2D eigenvalue weighted by Gasteiger charge is 2.14. The number of nitrogens with zero attached hydrogens (tertiary/aromatic N) is 2. The summed E-state index contributed by atoms with van der Waals surface area (Å²) < 4.78 is 0. The predicted octanol–water partition coefficient (Wildman–Crippen LogP) is 2.84. The lowest BCUT2D eigenvalue weighted by atomic mass is 10.2. The van der Waals surface area contributed by atoms with Crippen LogP contribution in [0.5, 0.6) is 0 Å². The van der Waals surface area contributed by atoms with Gasteiger partial charge in [-0.05, 0) is 55.5 Å². The van der Waals surface area contributed by atoms with Crippen molar-refractivity contribution in [2.45, 2.75) is 13.0 Å². The van der Waals surface area contributed by atoms with E-state index in [0.29, 0.717) is 6.04 Å². The average Bonchev–Trinajstić information content (AvgIpc) is 3.35. The van der Waals surface area contributed by atoms with Gasteiger partial charge in [-0.15, -0.1) is 12.4 Å². The highest BCUT2D eigenvalue weighted by molar-refractivity contribution is 6.03. The van der Waals surface area contributed by atoms with Crippen molar-refractivity contribution in [1.82, 2.24) is 10.6 Å². The molecule has 2 aliphatic rings. The van der Waals surface area contributed by atoms with Crippen molar-refractivity contribution in [1.29, 1.82) is 0 Å². The number of urea groups is 1. The van der Waals surface area contributed by atoms with Crippen LogP contribution in [0.4, 0.5) is 16.2 Å². The molecule has 0 radical (unpaired) electrons. The summed E-state index contributed by atoms with van der Waals surface area (Å²) in [5.74, 6) is 1.81. The summed E-state index contributed by atoms with van der Waals surface area (Å²) in [6.07, 6.45) is 0. The number of hydrogen-bond acceptors (Lipinski definition) is 5. The van der Waals surface area contributed by atoms with Gasteiger partial charge in [-0.2, -0.15) is 0 Å². The zero-order valence-electron chi connectivity index (χ0n) is 15.5. The van der Waals surface area contributed by atoms with Gasteiger partial charge in [0, 0.05) is 35.1 Å². The Morgan fingerprint density at radius 3 is 1.96 bits per heavy atom. The Kier molecular flexibility index (Phi) is 6.16. The molecule has 0 spiro atoms. The molecule has 0 saturated carbocycles. The van der Waals surface area contributed by atoms with E-state index >= 15 is 0 Å². The maximum absolute atomic E-state index is 12.2. The number of anilines is 2.